The number of hydrogen-bond donors (Lipinski definition) is 2. The predicted molar refractivity (Wildman–Crippen MR) is 63.7 cm³/mol. The fourth-order valence-electron chi connectivity index (χ4n) is 1.24. The van der Waals surface area contributed by atoms with Crippen LogP contribution in [0.25, 0.3) is 0 Å². The first kappa shape index (κ1) is 11.9. The molecule has 18 heavy (non-hydrogen) atoms. The van der Waals surface area contributed by atoms with Crippen LogP contribution in [0.15, 0.2) is 30.9 Å². The highest BCUT2D eigenvalue weighted by Gasteiger charge is 2.10. The molecule has 6 nitrogen and oxygen atoms in total. The van der Waals surface area contributed by atoms with Crippen LogP contribution in [0.1, 0.15) is 10.5 Å². The van der Waals surface area contributed by atoms with E-state index in [2.05, 4.69) is 25.6 Å². The number of nitrogens with one attached hydrogen (secondary N) is 2. The van der Waals surface area contributed by atoms with Gasteiger partial charge in [0.1, 0.15) is 11.5 Å². The van der Waals surface area contributed by atoms with Gasteiger partial charge in [0, 0.05) is 13.2 Å². The summed E-state index contributed by atoms with van der Waals surface area (Å²) in [4.78, 5) is 23.2. The molecule has 2 aromatic rings. The maximum absolute atomic E-state index is 13.3. The van der Waals surface area contributed by atoms with Crippen molar-refractivity contribution in [3.63, 3.8) is 0 Å². The molecule has 0 radical (unpaired) electrons. The molecule has 2 heterocycles. The van der Waals surface area contributed by atoms with Crippen molar-refractivity contribution in [2.45, 2.75) is 0 Å². The molecular formula is C11H10FN5O. The average Bonchev–Trinajstić information content (AvgIpc) is 2.41. The van der Waals surface area contributed by atoms with E-state index in [0.29, 0.717) is 5.82 Å². The lowest BCUT2D eigenvalue weighted by atomic mass is 10.3. The smallest absolute Gasteiger partial charge is 0.275 e. The van der Waals surface area contributed by atoms with Crippen LogP contribution in [0.2, 0.25) is 0 Å². The van der Waals surface area contributed by atoms with Crippen molar-refractivity contribution in [1.82, 2.24) is 15.0 Å². The van der Waals surface area contributed by atoms with Crippen LogP contribution < -0.4 is 10.6 Å². The Morgan fingerprint density at radius 2 is 2.11 bits per heavy atom. The molecule has 2 rings (SSSR count). The van der Waals surface area contributed by atoms with E-state index in [1.54, 1.807) is 7.05 Å². The van der Waals surface area contributed by atoms with E-state index in [1.807, 2.05) is 0 Å². The van der Waals surface area contributed by atoms with Gasteiger partial charge in [-0.25, -0.2) is 14.4 Å². The molecule has 0 spiro atoms. The van der Waals surface area contributed by atoms with Gasteiger partial charge in [-0.15, -0.1) is 0 Å². The lowest BCUT2D eigenvalue weighted by molar-refractivity contribution is 0.102. The maximum atomic E-state index is 13.3. The normalized spacial score (nSPS) is 9.89. The molecule has 0 aliphatic carbocycles. The van der Waals surface area contributed by atoms with Crippen molar-refractivity contribution >= 4 is 17.4 Å². The molecule has 0 aromatic carbocycles. The summed E-state index contributed by atoms with van der Waals surface area (Å²) in [5, 5.41) is 5.17. The molecule has 0 saturated heterocycles. The van der Waals surface area contributed by atoms with E-state index in [0.717, 1.165) is 6.20 Å². The lowest BCUT2D eigenvalue weighted by Crippen LogP contribution is -2.15. The number of hydrogen-bond acceptors (Lipinski definition) is 5. The lowest BCUT2D eigenvalue weighted by Gasteiger charge is -2.05. The van der Waals surface area contributed by atoms with Gasteiger partial charge in [0.15, 0.2) is 5.82 Å². The Morgan fingerprint density at radius 3 is 2.72 bits per heavy atom. The second kappa shape index (κ2) is 5.17. The third-order valence-corrected chi connectivity index (χ3v) is 2.16. The summed E-state index contributed by atoms with van der Waals surface area (Å²) in [6.45, 7) is 0. The predicted octanol–water partition coefficient (Wildman–Crippen LogP) is 1.30. The van der Waals surface area contributed by atoms with Gasteiger partial charge in [-0.1, -0.05) is 0 Å². The second-order valence-corrected chi connectivity index (χ2v) is 3.35. The molecule has 7 heteroatoms. The standard InChI is InChI=1S/C11H10FN5O/c1-13-10-6-15-9(5-16-10)11(18)17-8-2-3-14-4-7(8)12/h2-6H,1H3,(H,13,16)(H,14,17,18). The van der Waals surface area contributed by atoms with E-state index >= 15 is 0 Å². The van der Waals surface area contributed by atoms with Gasteiger partial charge in [0.05, 0.1) is 24.3 Å². The molecule has 0 fully saturated rings. The summed E-state index contributed by atoms with van der Waals surface area (Å²) in [6.07, 6.45) is 5.12. The van der Waals surface area contributed by atoms with Crippen molar-refractivity contribution in [3.8, 4) is 0 Å². The Kier molecular flexibility index (Phi) is 3.42. The van der Waals surface area contributed by atoms with Crippen molar-refractivity contribution in [2.24, 2.45) is 0 Å². The highest BCUT2D eigenvalue weighted by Crippen LogP contribution is 2.12. The van der Waals surface area contributed by atoms with E-state index in [1.165, 1.54) is 24.7 Å². The zero-order valence-corrected chi connectivity index (χ0v) is 9.51. The van der Waals surface area contributed by atoms with Crippen LogP contribution in [0.3, 0.4) is 0 Å². The third-order valence-electron chi connectivity index (χ3n) is 2.16. The van der Waals surface area contributed by atoms with Gasteiger partial charge in [0.2, 0.25) is 0 Å². The van der Waals surface area contributed by atoms with Crippen LogP contribution in [-0.4, -0.2) is 27.9 Å². The van der Waals surface area contributed by atoms with Crippen LogP contribution in [-0.2, 0) is 0 Å². The Hall–Kier alpha value is -2.57. The number of halogens is 1. The number of carbonyl (C=O) groups is 1. The fraction of sp³-hybridized carbons (Fsp3) is 0.0909. The number of nitrogens with zero attached hydrogens (tertiary/aromatic N) is 3. The van der Waals surface area contributed by atoms with Gasteiger partial charge in [-0.2, -0.15) is 0 Å². The van der Waals surface area contributed by atoms with Crippen LogP contribution in [0.5, 0.6) is 0 Å². The first-order valence-electron chi connectivity index (χ1n) is 5.11. The molecular weight excluding hydrogens is 237 g/mol. The van der Waals surface area contributed by atoms with Crippen LogP contribution in [0, 0.1) is 5.82 Å². The van der Waals surface area contributed by atoms with Gasteiger partial charge < -0.3 is 10.6 Å². The Bertz CT molecular complexity index is 558. The summed E-state index contributed by atoms with van der Waals surface area (Å²) >= 11 is 0. The van der Waals surface area contributed by atoms with Gasteiger partial charge >= 0.3 is 0 Å². The molecule has 2 N–H and O–H groups in total. The Balaban J connectivity index is 2.14. The molecule has 0 aliphatic rings. The third kappa shape index (κ3) is 2.57. The Morgan fingerprint density at radius 1 is 1.28 bits per heavy atom. The summed E-state index contributed by atoms with van der Waals surface area (Å²) < 4.78 is 13.3. The zero-order valence-electron chi connectivity index (χ0n) is 9.51. The number of rotatable bonds is 3. The minimum absolute atomic E-state index is 0.0505. The summed E-state index contributed by atoms with van der Waals surface area (Å²) in [5.74, 6) is -0.595. The first-order chi connectivity index (χ1) is 8.70. The number of amides is 1. The van der Waals surface area contributed by atoms with Gasteiger partial charge in [-0.05, 0) is 6.07 Å². The van der Waals surface area contributed by atoms with Crippen molar-refractivity contribution < 1.29 is 9.18 Å². The molecule has 92 valence electrons. The molecule has 0 bridgehead atoms. The zero-order chi connectivity index (χ0) is 13.0. The maximum Gasteiger partial charge on any atom is 0.275 e. The molecule has 0 atom stereocenters. The fourth-order valence-corrected chi connectivity index (χ4v) is 1.24. The van der Waals surface area contributed by atoms with Crippen molar-refractivity contribution in [1.29, 1.82) is 0 Å². The topological polar surface area (TPSA) is 79.8 Å². The van der Waals surface area contributed by atoms with Gasteiger partial charge in [0.25, 0.3) is 5.91 Å². The highest BCUT2D eigenvalue weighted by atomic mass is 19.1. The van der Waals surface area contributed by atoms with Crippen LogP contribution in [0.4, 0.5) is 15.9 Å². The molecule has 0 unspecified atom stereocenters. The van der Waals surface area contributed by atoms with E-state index in [-0.39, 0.29) is 11.4 Å². The summed E-state index contributed by atoms with van der Waals surface area (Å²) in [5.41, 5.74) is 0.153. The number of anilines is 2. The van der Waals surface area contributed by atoms with E-state index < -0.39 is 11.7 Å². The first-order valence-corrected chi connectivity index (χ1v) is 5.11. The highest BCUT2D eigenvalue weighted by molar-refractivity contribution is 6.02. The summed E-state index contributed by atoms with van der Waals surface area (Å²) in [6, 6.07) is 1.36. The SMILES string of the molecule is CNc1cnc(C(=O)Nc2ccncc2F)cn1. The Labute approximate surface area is 102 Å². The van der Waals surface area contributed by atoms with E-state index in [4.69, 9.17) is 0 Å². The van der Waals surface area contributed by atoms with Crippen molar-refractivity contribution in [3.05, 3.63) is 42.4 Å². The number of aromatic nitrogens is 3. The summed E-state index contributed by atoms with van der Waals surface area (Å²) in [7, 11) is 1.69. The molecule has 0 saturated carbocycles. The number of pyridine rings is 1. The van der Waals surface area contributed by atoms with Crippen LogP contribution >= 0.6 is 0 Å². The average molecular weight is 247 g/mol. The van der Waals surface area contributed by atoms with Gasteiger partial charge in [-0.3, -0.25) is 9.78 Å². The number of carbonyl (C=O) groups excluding carboxylic acids is 1. The molecule has 2 aromatic heterocycles. The molecule has 1 amide bonds. The van der Waals surface area contributed by atoms with Crippen molar-refractivity contribution in [2.75, 3.05) is 17.7 Å². The van der Waals surface area contributed by atoms with E-state index in [9.17, 15) is 9.18 Å². The monoisotopic (exact) mass is 247 g/mol. The quantitative estimate of drug-likeness (QED) is 0.854. The minimum atomic E-state index is -0.606. The minimum Gasteiger partial charge on any atom is -0.372 e. The largest absolute Gasteiger partial charge is 0.372 e. The second-order valence-electron chi connectivity index (χ2n) is 3.35. The molecule has 0 aliphatic heterocycles.